The number of hydrogen-bond donors (Lipinski definition) is 3. The summed E-state index contributed by atoms with van der Waals surface area (Å²) < 4.78 is 0. The van der Waals surface area contributed by atoms with Crippen LogP contribution in [0.3, 0.4) is 0 Å². The van der Waals surface area contributed by atoms with Crippen molar-refractivity contribution >= 4 is 39.7 Å². The molecule has 1 aromatic heterocycles. The number of amides is 1. The van der Waals surface area contributed by atoms with E-state index in [0.29, 0.717) is 23.2 Å². The Bertz CT molecular complexity index is 503. The fourth-order valence-electron chi connectivity index (χ4n) is 2.45. The Labute approximate surface area is 134 Å². The van der Waals surface area contributed by atoms with Crippen LogP contribution in [0.15, 0.2) is 4.90 Å². The molecule has 1 amide bonds. The molecule has 7 heteroatoms. The summed E-state index contributed by atoms with van der Waals surface area (Å²) in [6.45, 7) is 4.86. The molecule has 21 heavy (non-hydrogen) atoms. The minimum absolute atomic E-state index is 0.0637. The van der Waals surface area contributed by atoms with Crippen LogP contribution in [0.4, 0.5) is 10.7 Å². The molecule has 0 spiro atoms. The third kappa shape index (κ3) is 3.84. The molecule has 1 saturated heterocycles. The van der Waals surface area contributed by atoms with Gasteiger partial charge >= 0.3 is 0 Å². The second-order valence-corrected chi connectivity index (χ2v) is 7.19. The van der Waals surface area contributed by atoms with Gasteiger partial charge in [0.05, 0.1) is 10.6 Å². The summed E-state index contributed by atoms with van der Waals surface area (Å²) in [4.78, 5) is 16.1. The van der Waals surface area contributed by atoms with Gasteiger partial charge in [0, 0.05) is 19.1 Å². The maximum absolute atomic E-state index is 12.2. The van der Waals surface area contributed by atoms with Crippen molar-refractivity contribution in [1.29, 1.82) is 0 Å². The number of rotatable bonds is 6. The first kappa shape index (κ1) is 16.5. The van der Waals surface area contributed by atoms with Gasteiger partial charge in [0.2, 0.25) is 0 Å². The van der Waals surface area contributed by atoms with E-state index in [1.807, 2.05) is 13.2 Å². The zero-order valence-electron chi connectivity index (χ0n) is 12.9. The van der Waals surface area contributed by atoms with Gasteiger partial charge in [0.1, 0.15) is 9.88 Å². The first-order valence-corrected chi connectivity index (χ1v) is 9.30. The number of thiophene rings is 1. The first-order chi connectivity index (χ1) is 10.1. The van der Waals surface area contributed by atoms with Gasteiger partial charge in [-0.3, -0.25) is 4.79 Å². The van der Waals surface area contributed by atoms with E-state index in [4.69, 9.17) is 5.73 Å². The van der Waals surface area contributed by atoms with E-state index in [-0.39, 0.29) is 5.91 Å². The lowest BCUT2D eigenvalue weighted by atomic mass is 10.2. The molecule has 2 rings (SSSR count). The normalized spacial score (nSPS) is 18.9. The molecule has 1 fully saturated rings. The Morgan fingerprint density at radius 3 is 2.90 bits per heavy atom. The standard InChI is InChI=1S/C14H24N4OS2/c1-4-6-16-13(19)11-10(15)12(20-3)14(21-11)17-9-5-7-18(2)8-9/h9,17H,4-8,15H2,1-3H3,(H,16,19). The number of carbonyl (C=O) groups is 1. The Morgan fingerprint density at radius 2 is 2.33 bits per heavy atom. The highest BCUT2D eigenvalue weighted by Crippen LogP contribution is 2.42. The van der Waals surface area contributed by atoms with Crippen molar-refractivity contribution in [3.05, 3.63) is 4.88 Å². The second kappa shape index (κ2) is 7.38. The summed E-state index contributed by atoms with van der Waals surface area (Å²) in [5, 5.41) is 7.49. The molecule has 1 aliphatic heterocycles. The summed E-state index contributed by atoms with van der Waals surface area (Å²) in [5.74, 6) is -0.0637. The number of nitrogens with zero attached hydrogens (tertiary/aromatic N) is 1. The molecular formula is C14H24N4OS2. The van der Waals surface area contributed by atoms with Gasteiger partial charge in [-0.2, -0.15) is 0 Å². The van der Waals surface area contributed by atoms with Crippen molar-refractivity contribution in [2.75, 3.05) is 44.0 Å². The van der Waals surface area contributed by atoms with E-state index in [0.717, 1.165) is 35.8 Å². The maximum atomic E-state index is 12.2. The number of carbonyl (C=O) groups excluding carboxylic acids is 1. The van der Waals surface area contributed by atoms with Gasteiger partial charge in [-0.05, 0) is 32.7 Å². The SMILES string of the molecule is CCCNC(=O)c1sc(NC2CCN(C)C2)c(SC)c1N. The predicted molar refractivity (Wildman–Crippen MR) is 92.7 cm³/mol. The Morgan fingerprint density at radius 1 is 1.57 bits per heavy atom. The van der Waals surface area contributed by atoms with Crippen LogP contribution < -0.4 is 16.4 Å². The van der Waals surface area contributed by atoms with Crippen molar-refractivity contribution in [2.45, 2.75) is 30.7 Å². The first-order valence-electron chi connectivity index (χ1n) is 7.26. The van der Waals surface area contributed by atoms with Gasteiger partial charge in [-0.15, -0.1) is 23.1 Å². The average Bonchev–Trinajstić information content (AvgIpc) is 3.00. The molecule has 4 N–H and O–H groups in total. The highest BCUT2D eigenvalue weighted by molar-refractivity contribution is 7.99. The number of nitrogens with two attached hydrogens (primary N) is 1. The van der Waals surface area contributed by atoms with E-state index in [2.05, 4.69) is 22.6 Å². The molecule has 1 aliphatic rings. The summed E-state index contributed by atoms with van der Waals surface area (Å²) in [6.07, 6.45) is 4.05. The smallest absolute Gasteiger partial charge is 0.263 e. The largest absolute Gasteiger partial charge is 0.396 e. The second-order valence-electron chi connectivity index (χ2n) is 5.36. The monoisotopic (exact) mass is 328 g/mol. The third-order valence-electron chi connectivity index (χ3n) is 3.57. The number of hydrogen-bond acceptors (Lipinski definition) is 6. The van der Waals surface area contributed by atoms with Gasteiger partial charge in [0.25, 0.3) is 5.91 Å². The number of nitrogens with one attached hydrogen (secondary N) is 2. The summed E-state index contributed by atoms with van der Waals surface area (Å²) in [6, 6.07) is 0.436. The molecule has 1 atom stereocenters. The van der Waals surface area contributed by atoms with Crippen LogP contribution in [0.25, 0.3) is 0 Å². The molecule has 5 nitrogen and oxygen atoms in total. The topological polar surface area (TPSA) is 70.4 Å². The number of anilines is 2. The lowest BCUT2D eigenvalue weighted by Crippen LogP contribution is -2.23. The van der Waals surface area contributed by atoms with Gasteiger partial charge in [0.15, 0.2) is 0 Å². The van der Waals surface area contributed by atoms with E-state index in [9.17, 15) is 4.79 Å². The zero-order chi connectivity index (χ0) is 15.4. The van der Waals surface area contributed by atoms with Gasteiger partial charge in [-0.25, -0.2) is 0 Å². The molecule has 0 aromatic carbocycles. The summed E-state index contributed by atoms with van der Waals surface area (Å²) in [7, 11) is 2.13. The molecule has 2 heterocycles. The minimum Gasteiger partial charge on any atom is -0.396 e. The predicted octanol–water partition coefficient (Wildman–Crippen LogP) is 2.31. The summed E-state index contributed by atoms with van der Waals surface area (Å²) in [5.41, 5.74) is 6.77. The van der Waals surface area contributed by atoms with Crippen molar-refractivity contribution in [3.63, 3.8) is 0 Å². The van der Waals surface area contributed by atoms with E-state index in [1.165, 1.54) is 11.3 Å². The van der Waals surface area contributed by atoms with Crippen molar-refractivity contribution in [2.24, 2.45) is 0 Å². The molecule has 0 bridgehead atoms. The molecular weight excluding hydrogens is 304 g/mol. The van der Waals surface area contributed by atoms with Crippen LogP contribution in [0.1, 0.15) is 29.4 Å². The summed E-state index contributed by atoms with van der Waals surface area (Å²) >= 11 is 3.07. The molecule has 0 aliphatic carbocycles. The van der Waals surface area contributed by atoms with E-state index in [1.54, 1.807) is 11.8 Å². The molecule has 1 aromatic rings. The Kier molecular flexibility index (Phi) is 5.78. The number of nitrogen functional groups attached to an aromatic ring is 1. The number of likely N-dealkylation sites (tertiary alicyclic amines) is 1. The molecule has 0 radical (unpaired) electrons. The zero-order valence-corrected chi connectivity index (χ0v) is 14.5. The van der Waals surface area contributed by atoms with Crippen LogP contribution in [-0.4, -0.2) is 49.8 Å². The van der Waals surface area contributed by atoms with Gasteiger partial charge < -0.3 is 21.3 Å². The highest BCUT2D eigenvalue weighted by atomic mass is 32.2. The minimum atomic E-state index is -0.0637. The van der Waals surface area contributed by atoms with Crippen LogP contribution >= 0.6 is 23.1 Å². The number of likely N-dealkylation sites (N-methyl/N-ethyl adjacent to an activating group) is 1. The molecule has 1 unspecified atom stereocenters. The maximum Gasteiger partial charge on any atom is 0.263 e. The van der Waals surface area contributed by atoms with E-state index < -0.39 is 0 Å². The quantitative estimate of drug-likeness (QED) is 0.699. The van der Waals surface area contributed by atoms with Crippen LogP contribution in [0, 0.1) is 0 Å². The molecule has 0 saturated carbocycles. The Balaban J connectivity index is 2.15. The lowest BCUT2D eigenvalue weighted by Gasteiger charge is -2.13. The van der Waals surface area contributed by atoms with Crippen molar-refractivity contribution < 1.29 is 4.79 Å². The van der Waals surface area contributed by atoms with Crippen LogP contribution in [0.2, 0.25) is 0 Å². The van der Waals surface area contributed by atoms with Crippen molar-refractivity contribution in [3.8, 4) is 0 Å². The fraction of sp³-hybridized carbons (Fsp3) is 0.643. The third-order valence-corrected chi connectivity index (χ3v) is 5.67. The van der Waals surface area contributed by atoms with E-state index >= 15 is 0 Å². The molecule has 118 valence electrons. The van der Waals surface area contributed by atoms with Gasteiger partial charge in [-0.1, -0.05) is 6.92 Å². The fourth-order valence-corrected chi connectivity index (χ4v) is 4.47. The Hall–Kier alpha value is -0.920. The average molecular weight is 329 g/mol. The van der Waals surface area contributed by atoms with Crippen molar-refractivity contribution in [1.82, 2.24) is 10.2 Å². The highest BCUT2D eigenvalue weighted by Gasteiger charge is 2.24. The lowest BCUT2D eigenvalue weighted by molar-refractivity contribution is 0.0958. The van der Waals surface area contributed by atoms with Crippen LogP contribution in [-0.2, 0) is 0 Å². The van der Waals surface area contributed by atoms with Crippen LogP contribution in [0.5, 0.6) is 0 Å². The number of thioether (sulfide) groups is 1.